The third kappa shape index (κ3) is 2.98. The Kier molecular flexibility index (Phi) is 4.22. The van der Waals surface area contributed by atoms with Crippen molar-refractivity contribution >= 4 is 11.8 Å². The minimum absolute atomic E-state index is 0.627. The number of terminal acetylenes is 1. The summed E-state index contributed by atoms with van der Waals surface area (Å²) in [4.78, 5) is 6.47. The molecule has 1 aromatic rings. The maximum absolute atomic E-state index is 5.30. The molecule has 16 heavy (non-hydrogen) atoms. The van der Waals surface area contributed by atoms with Gasteiger partial charge >= 0.3 is 0 Å². The van der Waals surface area contributed by atoms with Gasteiger partial charge in [0.2, 0.25) is 0 Å². The van der Waals surface area contributed by atoms with Gasteiger partial charge in [-0.15, -0.1) is 6.42 Å². The number of ether oxygens (including phenoxy) is 1. The molecule has 0 aromatic carbocycles. The molecule has 0 saturated carbocycles. The highest BCUT2D eigenvalue weighted by molar-refractivity contribution is 7.99. The summed E-state index contributed by atoms with van der Waals surface area (Å²) < 4.78 is 7.18. The Morgan fingerprint density at radius 3 is 3.06 bits per heavy atom. The van der Waals surface area contributed by atoms with Crippen molar-refractivity contribution in [2.75, 3.05) is 32.1 Å². The average Bonchev–Trinajstić information content (AvgIpc) is 2.75. The van der Waals surface area contributed by atoms with Crippen LogP contribution in [0.4, 0.5) is 0 Å². The SMILES string of the molecule is C#CCSc1ncnn1CN1CCOCC1. The van der Waals surface area contributed by atoms with Crippen molar-refractivity contribution in [2.45, 2.75) is 11.8 Å². The molecule has 0 atom stereocenters. The van der Waals surface area contributed by atoms with Crippen molar-refractivity contribution in [3.05, 3.63) is 6.33 Å². The van der Waals surface area contributed by atoms with E-state index in [0.717, 1.165) is 38.1 Å². The Balaban J connectivity index is 1.92. The summed E-state index contributed by atoms with van der Waals surface area (Å²) in [6.45, 7) is 4.23. The molecule has 1 aliphatic heterocycles. The first-order valence-electron chi connectivity index (χ1n) is 5.14. The molecule has 5 nitrogen and oxygen atoms in total. The summed E-state index contributed by atoms with van der Waals surface area (Å²) in [6, 6.07) is 0. The maximum Gasteiger partial charge on any atom is 0.188 e. The molecule has 0 bridgehead atoms. The molecule has 2 heterocycles. The Morgan fingerprint density at radius 2 is 2.31 bits per heavy atom. The van der Waals surface area contributed by atoms with Gasteiger partial charge in [-0.25, -0.2) is 9.67 Å². The lowest BCUT2D eigenvalue weighted by Gasteiger charge is -2.26. The molecule has 86 valence electrons. The summed E-state index contributed by atoms with van der Waals surface area (Å²) in [5.41, 5.74) is 0. The fourth-order valence-corrected chi connectivity index (χ4v) is 2.09. The van der Waals surface area contributed by atoms with Gasteiger partial charge in [0.15, 0.2) is 5.16 Å². The number of thioether (sulfide) groups is 1. The zero-order valence-electron chi connectivity index (χ0n) is 9.00. The second kappa shape index (κ2) is 5.89. The molecular weight excluding hydrogens is 224 g/mol. The molecule has 0 amide bonds. The fourth-order valence-electron chi connectivity index (χ4n) is 1.50. The second-order valence-electron chi connectivity index (χ2n) is 3.41. The van der Waals surface area contributed by atoms with E-state index in [1.165, 1.54) is 11.8 Å². The fraction of sp³-hybridized carbons (Fsp3) is 0.600. The minimum atomic E-state index is 0.627. The Bertz CT molecular complexity index is 367. The van der Waals surface area contributed by atoms with Gasteiger partial charge in [0.1, 0.15) is 6.33 Å². The van der Waals surface area contributed by atoms with Crippen molar-refractivity contribution < 1.29 is 4.74 Å². The van der Waals surface area contributed by atoms with Crippen LogP contribution in [0.1, 0.15) is 0 Å². The highest BCUT2D eigenvalue weighted by Crippen LogP contribution is 2.14. The van der Waals surface area contributed by atoms with Gasteiger partial charge in [-0.05, 0) is 0 Å². The molecule has 1 saturated heterocycles. The zero-order chi connectivity index (χ0) is 11.2. The van der Waals surface area contributed by atoms with Crippen molar-refractivity contribution in [3.8, 4) is 12.3 Å². The summed E-state index contributed by atoms with van der Waals surface area (Å²) in [5, 5.41) is 5.08. The molecule has 1 aliphatic rings. The van der Waals surface area contributed by atoms with E-state index in [-0.39, 0.29) is 0 Å². The molecule has 1 aromatic heterocycles. The third-order valence-corrected chi connectivity index (χ3v) is 3.19. The number of morpholine rings is 1. The van der Waals surface area contributed by atoms with Crippen LogP contribution in [0, 0.1) is 12.3 Å². The van der Waals surface area contributed by atoms with Crippen molar-refractivity contribution in [1.29, 1.82) is 0 Å². The van der Waals surface area contributed by atoms with E-state index >= 15 is 0 Å². The minimum Gasteiger partial charge on any atom is -0.379 e. The normalized spacial score (nSPS) is 17.2. The first kappa shape index (κ1) is 11.5. The van der Waals surface area contributed by atoms with Gasteiger partial charge in [0.05, 0.1) is 25.6 Å². The quantitative estimate of drug-likeness (QED) is 0.557. The van der Waals surface area contributed by atoms with E-state index in [0.29, 0.717) is 5.75 Å². The average molecular weight is 238 g/mol. The van der Waals surface area contributed by atoms with Gasteiger partial charge in [-0.3, -0.25) is 4.90 Å². The van der Waals surface area contributed by atoms with Crippen LogP contribution in [0.5, 0.6) is 0 Å². The molecule has 1 fully saturated rings. The van der Waals surface area contributed by atoms with Crippen LogP contribution < -0.4 is 0 Å². The third-order valence-electron chi connectivity index (χ3n) is 2.30. The summed E-state index contributed by atoms with van der Waals surface area (Å²) >= 11 is 1.54. The predicted molar refractivity (Wildman–Crippen MR) is 62.0 cm³/mol. The van der Waals surface area contributed by atoms with E-state index < -0.39 is 0 Å². The van der Waals surface area contributed by atoms with Crippen LogP contribution in [-0.4, -0.2) is 51.7 Å². The summed E-state index contributed by atoms with van der Waals surface area (Å²) in [6.07, 6.45) is 6.79. The molecule has 0 aliphatic carbocycles. The number of hydrogen-bond acceptors (Lipinski definition) is 5. The number of nitrogens with zero attached hydrogens (tertiary/aromatic N) is 4. The molecule has 0 radical (unpaired) electrons. The lowest BCUT2D eigenvalue weighted by Crippen LogP contribution is -2.37. The standard InChI is InChI=1S/C10H14N4OS/c1-2-7-16-10-11-8-12-14(10)9-13-3-5-15-6-4-13/h1,8H,3-7,9H2. The monoisotopic (exact) mass is 238 g/mol. The Labute approximate surface area is 99.2 Å². The first-order chi connectivity index (χ1) is 7.90. The molecular formula is C10H14N4OS. The summed E-state index contributed by atoms with van der Waals surface area (Å²) in [5.74, 6) is 3.21. The molecule has 2 rings (SSSR count). The van der Waals surface area contributed by atoms with E-state index in [1.54, 1.807) is 6.33 Å². The van der Waals surface area contributed by atoms with E-state index in [9.17, 15) is 0 Å². The van der Waals surface area contributed by atoms with Crippen LogP contribution in [0.3, 0.4) is 0 Å². The second-order valence-corrected chi connectivity index (χ2v) is 4.35. The van der Waals surface area contributed by atoms with Gasteiger partial charge in [0, 0.05) is 13.1 Å². The zero-order valence-corrected chi connectivity index (χ0v) is 9.82. The number of hydrogen-bond donors (Lipinski definition) is 0. The van der Waals surface area contributed by atoms with Crippen LogP contribution >= 0.6 is 11.8 Å². The first-order valence-corrected chi connectivity index (χ1v) is 6.13. The van der Waals surface area contributed by atoms with E-state index in [2.05, 4.69) is 20.9 Å². The predicted octanol–water partition coefficient (Wildman–Crippen LogP) is 0.293. The molecule has 0 N–H and O–H groups in total. The molecule has 6 heteroatoms. The number of rotatable bonds is 4. The Morgan fingerprint density at radius 1 is 1.50 bits per heavy atom. The Hall–Kier alpha value is -1.03. The number of aromatic nitrogens is 3. The van der Waals surface area contributed by atoms with Gasteiger partial charge in [0.25, 0.3) is 0 Å². The van der Waals surface area contributed by atoms with Crippen LogP contribution in [-0.2, 0) is 11.4 Å². The largest absolute Gasteiger partial charge is 0.379 e. The van der Waals surface area contributed by atoms with Crippen molar-refractivity contribution in [2.24, 2.45) is 0 Å². The van der Waals surface area contributed by atoms with Crippen molar-refractivity contribution in [3.63, 3.8) is 0 Å². The van der Waals surface area contributed by atoms with Gasteiger partial charge < -0.3 is 4.74 Å². The lowest BCUT2D eigenvalue weighted by atomic mass is 10.4. The lowest BCUT2D eigenvalue weighted by molar-refractivity contribution is 0.0196. The van der Waals surface area contributed by atoms with Crippen molar-refractivity contribution in [1.82, 2.24) is 19.7 Å². The van der Waals surface area contributed by atoms with Crippen LogP contribution in [0.2, 0.25) is 0 Å². The van der Waals surface area contributed by atoms with Crippen LogP contribution in [0.25, 0.3) is 0 Å². The van der Waals surface area contributed by atoms with Gasteiger partial charge in [-0.2, -0.15) is 5.10 Å². The smallest absolute Gasteiger partial charge is 0.188 e. The van der Waals surface area contributed by atoms with E-state index in [4.69, 9.17) is 11.2 Å². The summed E-state index contributed by atoms with van der Waals surface area (Å²) in [7, 11) is 0. The van der Waals surface area contributed by atoms with Crippen LogP contribution in [0.15, 0.2) is 11.5 Å². The highest BCUT2D eigenvalue weighted by atomic mass is 32.2. The molecule has 0 unspecified atom stereocenters. The van der Waals surface area contributed by atoms with Gasteiger partial charge in [-0.1, -0.05) is 17.7 Å². The topological polar surface area (TPSA) is 43.2 Å². The maximum atomic E-state index is 5.30. The highest BCUT2D eigenvalue weighted by Gasteiger charge is 2.13. The molecule has 0 spiro atoms. The van der Waals surface area contributed by atoms with E-state index in [1.807, 2.05) is 4.68 Å².